The largest absolute Gasteiger partial charge is 0.497 e. The van der Waals surface area contributed by atoms with Crippen molar-refractivity contribution in [2.24, 2.45) is 0 Å². The van der Waals surface area contributed by atoms with Gasteiger partial charge in [0, 0.05) is 26.6 Å². The molecule has 7 nitrogen and oxygen atoms in total. The van der Waals surface area contributed by atoms with Gasteiger partial charge in [-0.1, -0.05) is 12.1 Å². The van der Waals surface area contributed by atoms with Crippen LogP contribution in [0.4, 0.5) is 11.6 Å². The molecule has 1 aromatic heterocycles. The molecule has 0 atom stereocenters. The number of benzene rings is 2. The minimum Gasteiger partial charge on any atom is -0.497 e. The Morgan fingerprint density at radius 1 is 0.966 bits per heavy atom. The standard InChI is InChI=1S/C22H24N4O3/c1-25-13-14-26(22-21(25)23-18-6-3-4-7-19(18)24-22)20(27)8-5-15-29-17-11-9-16(28-2)10-12-17/h3-4,6-7,9-12H,5,8,13-15H2,1-2H3. The van der Waals surface area contributed by atoms with Gasteiger partial charge in [-0.05, 0) is 42.8 Å². The normalized spacial score (nSPS) is 13.3. The van der Waals surface area contributed by atoms with E-state index in [1.807, 2.05) is 60.5 Å². The Kier molecular flexibility index (Phi) is 5.46. The average Bonchev–Trinajstić information content (AvgIpc) is 2.76. The first-order valence-electron chi connectivity index (χ1n) is 9.71. The number of carbonyl (C=O) groups is 1. The highest BCUT2D eigenvalue weighted by molar-refractivity contribution is 5.97. The van der Waals surface area contributed by atoms with Crippen LogP contribution in [0.15, 0.2) is 48.5 Å². The van der Waals surface area contributed by atoms with Crippen LogP contribution in [0.25, 0.3) is 11.0 Å². The molecule has 1 amide bonds. The van der Waals surface area contributed by atoms with Crippen LogP contribution in [-0.4, -0.2) is 49.7 Å². The van der Waals surface area contributed by atoms with Crippen LogP contribution in [0.2, 0.25) is 0 Å². The van der Waals surface area contributed by atoms with E-state index in [0.717, 1.165) is 34.9 Å². The number of anilines is 2. The summed E-state index contributed by atoms with van der Waals surface area (Å²) in [5.41, 5.74) is 1.63. The molecule has 0 N–H and O–H groups in total. The van der Waals surface area contributed by atoms with Gasteiger partial charge in [-0.3, -0.25) is 9.69 Å². The summed E-state index contributed by atoms with van der Waals surface area (Å²) < 4.78 is 10.9. The molecule has 150 valence electrons. The lowest BCUT2D eigenvalue weighted by molar-refractivity contribution is -0.118. The van der Waals surface area contributed by atoms with Crippen molar-refractivity contribution in [3.8, 4) is 11.5 Å². The summed E-state index contributed by atoms with van der Waals surface area (Å²) in [5, 5.41) is 0. The van der Waals surface area contributed by atoms with Crippen LogP contribution < -0.4 is 19.3 Å². The van der Waals surface area contributed by atoms with Crippen molar-refractivity contribution in [3.63, 3.8) is 0 Å². The number of hydrogen-bond donors (Lipinski definition) is 0. The third-order valence-electron chi connectivity index (χ3n) is 4.97. The number of aromatic nitrogens is 2. The number of methoxy groups -OCH3 is 1. The first kappa shape index (κ1) is 19.0. The minimum absolute atomic E-state index is 0.0438. The Balaban J connectivity index is 1.40. The second-order valence-corrected chi connectivity index (χ2v) is 6.95. The zero-order valence-electron chi connectivity index (χ0n) is 16.7. The molecule has 7 heteroatoms. The second-order valence-electron chi connectivity index (χ2n) is 6.95. The first-order valence-corrected chi connectivity index (χ1v) is 9.71. The van der Waals surface area contributed by atoms with Gasteiger partial charge in [0.25, 0.3) is 0 Å². The second kappa shape index (κ2) is 8.34. The highest BCUT2D eigenvalue weighted by Crippen LogP contribution is 2.31. The number of para-hydroxylation sites is 2. The fourth-order valence-corrected chi connectivity index (χ4v) is 3.34. The molecule has 0 bridgehead atoms. The molecule has 0 unspecified atom stereocenters. The van der Waals surface area contributed by atoms with Gasteiger partial charge in [0.05, 0.1) is 24.8 Å². The van der Waals surface area contributed by atoms with Crippen molar-refractivity contribution in [2.75, 3.05) is 43.7 Å². The van der Waals surface area contributed by atoms with Crippen molar-refractivity contribution < 1.29 is 14.3 Å². The quantitative estimate of drug-likeness (QED) is 0.600. The molecule has 3 aromatic rings. The van der Waals surface area contributed by atoms with Gasteiger partial charge >= 0.3 is 0 Å². The molecule has 0 saturated heterocycles. The Morgan fingerprint density at radius 3 is 2.31 bits per heavy atom. The number of ether oxygens (including phenoxy) is 2. The third-order valence-corrected chi connectivity index (χ3v) is 4.97. The van der Waals surface area contributed by atoms with Crippen LogP contribution in [0, 0.1) is 0 Å². The van der Waals surface area contributed by atoms with E-state index in [4.69, 9.17) is 19.4 Å². The lowest BCUT2D eigenvalue weighted by Gasteiger charge is -2.33. The lowest BCUT2D eigenvalue weighted by atomic mass is 10.2. The van der Waals surface area contributed by atoms with E-state index in [0.29, 0.717) is 31.8 Å². The number of rotatable bonds is 6. The van der Waals surface area contributed by atoms with E-state index >= 15 is 0 Å². The van der Waals surface area contributed by atoms with Gasteiger partial charge in [-0.2, -0.15) is 0 Å². The Labute approximate surface area is 169 Å². The first-order chi connectivity index (χ1) is 14.2. The predicted molar refractivity (Wildman–Crippen MR) is 113 cm³/mol. The summed E-state index contributed by atoms with van der Waals surface area (Å²) in [7, 11) is 3.61. The summed E-state index contributed by atoms with van der Waals surface area (Å²) in [4.78, 5) is 26.1. The number of likely N-dealkylation sites (N-methyl/N-ethyl adjacent to an activating group) is 1. The van der Waals surface area contributed by atoms with Gasteiger partial charge in [0.1, 0.15) is 11.5 Å². The summed E-state index contributed by atoms with van der Waals surface area (Å²) in [6, 6.07) is 15.2. The van der Waals surface area contributed by atoms with Crippen LogP contribution in [0.1, 0.15) is 12.8 Å². The van der Waals surface area contributed by atoms with Gasteiger partial charge < -0.3 is 14.4 Å². The average molecular weight is 392 g/mol. The maximum Gasteiger partial charge on any atom is 0.228 e. The fourth-order valence-electron chi connectivity index (χ4n) is 3.34. The number of nitrogens with zero attached hydrogens (tertiary/aromatic N) is 4. The van der Waals surface area contributed by atoms with E-state index in [2.05, 4.69) is 0 Å². The SMILES string of the molecule is COc1ccc(OCCCC(=O)N2CCN(C)c3nc4ccccc4nc32)cc1. The molecule has 0 saturated carbocycles. The topological polar surface area (TPSA) is 67.8 Å². The molecule has 2 aromatic carbocycles. The van der Waals surface area contributed by atoms with Crippen molar-refractivity contribution in [1.29, 1.82) is 0 Å². The zero-order valence-corrected chi connectivity index (χ0v) is 16.7. The van der Waals surface area contributed by atoms with E-state index in [9.17, 15) is 4.79 Å². The van der Waals surface area contributed by atoms with Gasteiger partial charge in [-0.15, -0.1) is 0 Å². The molecular formula is C22H24N4O3. The van der Waals surface area contributed by atoms with E-state index in [1.165, 1.54) is 0 Å². The Morgan fingerprint density at radius 2 is 1.62 bits per heavy atom. The molecule has 1 aliphatic rings. The monoisotopic (exact) mass is 392 g/mol. The number of carbonyl (C=O) groups excluding carboxylic acids is 1. The number of amides is 1. The molecule has 1 aliphatic heterocycles. The van der Waals surface area contributed by atoms with Gasteiger partial charge in [0.15, 0.2) is 11.6 Å². The van der Waals surface area contributed by atoms with Gasteiger partial charge in [0.2, 0.25) is 5.91 Å². The highest BCUT2D eigenvalue weighted by Gasteiger charge is 2.28. The molecule has 0 spiro atoms. The number of hydrogen-bond acceptors (Lipinski definition) is 6. The summed E-state index contributed by atoms with van der Waals surface area (Å²) >= 11 is 0. The van der Waals surface area contributed by atoms with Crippen molar-refractivity contribution in [2.45, 2.75) is 12.8 Å². The van der Waals surface area contributed by atoms with Gasteiger partial charge in [-0.25, -0.2) is 9.97 Å². The van der Waals surface area contributed by atoms with E-state index < -0.39 is 0 Å². The van der Waals surface area contributed by atoms with Crippen molar-refractivity contribution in [3.05, 3.63) is 48.5 Å². The Hall–Kier alpha value is -3.35. The predicted octanol–water partition coefficient (Wildman–Crippen LogP) is 3.28. The molecule has 0 aliphatic carbocycles. The minimum atomic E-state index is 0.0438. The van der Waals surface area contributed by atoms with Crippen LogP contribution in [0.3, 0.4) is 0 Å². The van der Waals surface area contributed by atoms with Crippen LogP contribution in [-0.2, 0) is 4.79 Å². The molecule has 2 heterocycles. The summed E-state index contributed by atoms with van der Waals surface area (Å²) in [6.07, 6.45) is 1.03. The van der Waals surface area contributed by atoms with Crippen LogP contribution in [0.5, 0.6) is 11.5 Å². The van der Waals surface area contributed by atoms with Crippen LogP contribution >= 0.6 is 0 Å². The number of fused-ring (bicyclic) bond motifs is 2. The molecule has 4 rings (SSSR count). The highest BCUT2D eigenvalue weighted by atomic mass is 16.5. The molecule has 0 fully saturated rings. The van der Waals surface area contributed by atoms with Crippen molar-refractivity contribution >= 4 is 28.6 Å². The lowest BCUT2D eigenvalue weighted by Crippen LogP contribution is -2.43. The van der Waals surface area contributed by atoms with E-state index in [-0.39, 0.29) is 5.91 Å². The van der Waals surface area contributed by atoms with E-state index in [1.54, 1.807) is 12.0 Å². The third kappa shape index (κ3) is 4.08. The zero-order chi connectivity index (χ0) is 20.2. The maximum atomic E-state index is 12.9. The maximum absolute atomic E-state index is 12.9. The fraction of sp³-hybridized carbons (Fsp3) is 0.318. The molecular weight excluding hydrogens is 368 g/mol. The van der Waals surface area contributed by atoms with Crippen molar-refractivity contribution in [1.82, 2.24) is 9.97 Å². The summed E-state index contributed by atoms with van der Waals surface area (Å²) in [5.74, 6) is 2.98. The molecule has 29 heavy (non-hydrogen) atoms. The summed E-state index contributed by atoms with van der Waals surface area (Å²) in [6.45, 7) is 1.81. The molecule has 0 radical (unpaired) electrons. The smallest absolute Gasteiger partial charge is 0.228 e. The Bertz CT molecular complexity index is 1010.